The van der Waals surface area contributed by atoms with Gasteiger partial charge < -0.3 is 0 Å². The standard InChI is InChI=1S/2C5H9Se.2HI.2Pt/c2*1-5(2)3-4-6;;;;/h2*1,3-4H2,2H3;2*1H;;/q;;;;2*+1/p-2. The zero-order valence-corrected chi connectivity index (χ0v) is 21.7. The summed E-state index contributed by atoms with van der Waals surface area (Å²) in [4.78, 5) is 0. The van der Waals surface area contributed by atoms with Crippen LogP contribution >= 0.6 is 38.7 Å². The molecular formula is C10H18I2Pt2Se2. The molecule has 0 aliphatic heterocycles. The SMILES string of the molecule is C=C(C)CC[Se].C=C(C)CC[Se].[I][Pt].[I][Pt]. The van der Waals surface area contributed by atoms with E-state index in [1.54, 1.807) is 0 Å². The molecule has 0 amide bonds. The third-order valence-corrected chi connectivity index (χ3v) is 1.91. The molecule has 0 heterocycles. The third-order valence-electron chi connectivity index (χ3n) is 1.06. The molecule has 2 radical (unpaired) electrons. The fraction of sp³-hybridized carbons (Fsp3) is 0.600. The first-order valence-electron chi connectivity index (χ1n) is 4.23. The summed E-state index contributed by atoms with van der Waals surface area (Å²) in [6.07, 6.45) is 2.25. The predicted octanol–water partition coefficient (Wildman–Crippen LogP) is 4.85. The van der Waals surface area contributed by atoms with Gasteiger partial charge in [-0.2, -0.15) is 0 Å². The van der Waals surface area contributed by atoms with Gasteiger partial charge in [-0.15, -0.1) is 0 Å². The first kappa shape index (κ1) is 27.7. The van der Waals surface area contributed by atoms with Gasteiger partial charge in [0.15, 0.2) is 0 Å². The second-order valence-electron chi connectivity index (χ2n) is 2.82. The van der Waals surface area contributed by atoms with Gasteiger partial charge in [-0.05, 0) is 0 Å². The summed E-state index contributed by atoms with van der Waals surface area (Å²) in [5.74, 6) is 0. The molecule has 0 aromatic rings. The normalized spacial score (nSPS) is 7.12. The Morgan fingerprint density at radius 2 is 1.06 bits per heavy atom. The van der Waals surface area contributed by atoms with Crippen LogP contribution in [0.3, 0.4) is 0 Å². The van der Waals surface area contributed by atoms with E-state index in [4.69, 9.17) is 0 Å². The van der Waals surface area contributed by atoms with Crippen LogP contribution in [0.15, 0.2) is 24.3 Å². The average molecular weight is 940 g/mol. The summed E-state index contributed by atoms with van der Waals surface area (Å²) in [6, 6.07) is 0. The van der Waals surface area contributed by atoms with Crippen LogP contribution in [0.1, 0.15) is 26.7 Å². The molecule has 0 saturated carbocycles. The summed E-state index contributed by atoms with van der Waals surface area (Å²) in [6.45, 7) is 11.5. The molecule has 0 bridgehead atoms. The average Bonchev–Trinajstić information content (AvgIpc) is 2.24. The van der Waals surface area contributed by atoms with Gasteiger partial charge in [0.25, 0.3) is 0 Å². The Morgan fingerprint density at radius 1 is 0.875 bits per heavy atom. The zero-order chi connectivity index (χ0) is 14.0. The number of hydrogen-bond donors (Lipinski definition) is 0. The maximum absolute atomic E-state index is 3.72. The van der Waals surface area contributed by atoms with Gasteiger partial charge >= 0.3 is 165 Å². The van der Waals surface area contributed by atoms with E-state index in [-0.39, 0.29) is 0 Å². The molecule has 0 rings (SSSR count). The fourth-order valence-corrected chi connectivity index (χ4v) is 1.81. The molecule has 0 spiro atoms. The van der Waals surface area contributed by atoms with Crippen molar-refractivity contribution in [2.45, 2.75) is 37.3 Å². The molecule has 0 saturated heterocycles. The number of allylic oxidation sites excluding steroid dienone is 2. The second kappa shape index (κ2) is 31.0. The molecule has 0 nitrogen and oxygen atoms in total. The maximum atomic E-state index is 3.72. The van der Waals surface area contributed by atoms with E-state index < -0.39 is 0 Å². The topological polar surface area (TPSA) is 0 Å². The summed E-state index contributed by atoms with van der Waals surface area (Å²) in [7, 11) is 0. The van der Waals surface area contributed by atoms with E-state index in [0.29, 0.717) is 0 Å². The molecule has 16 heavy (non-hydrogen) atoms. The van der Waals surface area contributed by atoms with Gasteiger partial charge in [-0.3, -0.25) is 0 Å². The minimum atomic E-state index is 1.11. The molecule has 0 aliphatic carbocycles. The van der Waals surface area contributed by atoms with E-state index in [9.17, 15) is 0 Å². The molecule has 104 valence electrons. The van der Waals surface area contributed by atoms with E-state index in [0.717, 1.165) is 23.5 Å². The first-order valence-corrected chi connectivity index (χ1v) is 19.5. The van der Waals surface area contributed by atoms with Gasteiger partial charge in [0.2, 0.25) is 0 Å². The number of hydrogen-bond acceptors (Lipinski definition) is 0. The van der Waals surface area contributed by atoms with Crippen molar-refractivity contribution in [3.8, 4) is 0 Å². The third kappa shape index (κ3) is 53.0. The van der Waals surface area contributed by atoms with Gasteiger partial charge in [-0.1, -0.05) is 0 Å². The Balaban J connectivity index is -0.0000000686. The van der Waals surface area contributed by atoms with E-state index in [2.05, 4.69) is 116 Å². The summed E-state index contributed by atoms with van der Waals surface area (Å²) in [5.41, 5.74) is 2.52. The van der Waals surface area contributed by atoms with Crippen molar-refractivity contribution in [3.63, 3.8) is 0 Å². The number of rotatable bonds is 4. The first-order chi connectivity index (χ1) is 7.54. The van der Waals surface area contributed by atoms with Crippen LogP contribution in [0.2, 0.25) is 10.6 Å². The van der Waals surface area contributed by atoms with Crippen LogP contribution < -0.4 is 0 Å². The predicted molar refractivity (Wildman–Crippen MR) is 88.0 cm³/mol. The zero-order valence-electron chi connectivity index (χ0n) is 9.45. The van der Waals surface area contributed by atoms with Gasteiger partial charge in [0.1, 0.15) is 0 Å². The van der Waals surface area contributed by atoms with Crippen LogP contribution in [-0.4, -0.2) is 32.0 Å². The van der Waals surface area contributed by atoms with Crippen LogP contribution in [0.25, 0.3) is 0 Å². The molecule has 0 fully saturated rings. The van der Waals surface area contributed by atoms with E-state index in [1.807, 2.05) is 13.8 Å². The molecule has 0 aromatic carbocycles. The van der Waals surface area contributed by atoms with Crippen molar-refractivity contribution >= 4 is 70.7 Å². The Hall–Kier alpha value is 3.36. The van der Waals surface area contributed by atoms with Gasteiger partial charge in [0.05, 0.1) is 0 Å². The van der Waals surface area contributed by atoms with Crippen molar-refractivity contribution in [1.82, 2.24) is 0 Å². The fourth-order valence-electron chi connectivity index (χ4n) is 0.348. The summed E-state index contributed by atoms with van der Waals surface area (Å²) >= 11 is 14.3. The van der Waals surface area contributed by atoms with Crippen LogP contribution in [0.4, 0.5) is 0 Å². The van der Waals surface area contributed by atoms with Crippen molar-refractivity contribution < 1.29 is 32.3 Å². The van der Waals surface area contributed by atoms with Gasteiger partial charge in [0, 0.05) is 0 Å². The van der Waals surface area contributed by atoms with Crippen molar-refractivity contribution in [2.24, 2.45) is 0 Å². The van der Waals surface area contributed by atoms with Crippen LogP contribution in [0, 0.1) is 0 Å². The van der Waals surface area contributed by atoms with E-state index in [1.165, 1.54) is 11.1 Å². The molecular weight excluding hydrogens is 922 g/mol. The quantitative estimate of drug-likeness (QED) is 0.215. The van der Waals surface area contributed by atoms with E-state index >= 15 is 0 Å². The minimum absolute atomic E-state index is 1.11. The Kier molecular flexibility index (Phi) is 53.6. The van der Waals surface area contributed by atoms with Crippen molar-refractivity contribution in [1.29, 1.82) is 0 Å². The molecule has 0 aliphatic rings. The Bertz CT molecular complexity index is 129. The monoisotopic (exact) mass is 942 g/mol. The van der Waals surface area contributed by atoms with Gasteiger partial charge in [-0.25, -0.2) is 0 Å². The second-order valence-corrected chi connectivity index (χ2v) is 4.54. The molecule has 0 N–H and O–H groups in total. The molecule has 0 atom stereocenters. The van der Waals surface area contributed by atoms with Crippen LogP contribution in [0.5, 0.6) is 0 Å². The summed E-state index contributed by atoms with van der Waals surface area (Å²) < 4.78 is 0. The van der Waals surface area contributed by atoms with Crippen molar-refractivity contribution in [3.05, 3.63) is 24.3 Å². The van der Waals surface area contributed by atoms with Crippen molar-refractivity contribution in [2.75, 3.05) is 0 Å². The summed E-state index contributed by atoms with van der Waals surface area (Å²) in [5, 5.41) is 2.21. The Morgan fingerprint density at radius 3 is 1.06 bits per heavy atom. The Labute approximate surface area is 161 Å². The van der Waals surface area contributed by atoms with Crippen LogP contribution in [-0.2, 0) is 32.3 Å². The molecule has 6 heteroatoms. The molecule has 0 unspecified atom stereocenters. The number of halogens is 2. The molecule has 0 aromatic heterocycles.